The van der Waals surface area contributed by atoms with Gasteiger partial charge in [0.05, 0.1) is 17.1 Å². The summed E-state index contributed by atoms with van der Waals surface area (Å²) in [4.78, 5) is 33.9. The number of rotatable bonds is 6. The van der Waals surface area contributed by atoms with Crippen LogP contribution in [0.5, 0.6) is 0 Å². The highest BCUT2D eigenvalue weighted by atomic mass is 16.6. The minimum atomic E-state index is -0.695. The second kappa shape index (κ2) is 7.37. The summed E-state index contributed by atoms with van der Waals surface area (Å²) in [5.74, 6) is -0.908. The van der Waals surface area contributed by atoms with Gasteiger partial charge in [-0.3, -0.25) is 14.9 Å². The molecule has 0 saturated heterocycles. The standard InChI is InChI=1S/C14H18N2O5/c1-4-21-14(18)11-5-10(6-12(7-11)16(19)20)13(17)15-8-9(2)3/h5-7,9H,4,8H2,1-3H3,(H,15,17). The van der Waals surface area contributed by atoms with E-state index in [1.54, 1.807) is 6.92 Å². The lowest BCUT2D eigenvalue weighted by atomic mass is 10.1. The summed E-state index contributed by atoms with van der Waals surface area (Å²) >= 11 is 0. The normalized spacial score (nSPS) is 10.3. The highest BCUT2D eigenvalue weighted by Crippen LogP contribution is 2.18. The molecule has 0 atom stereocenters. The lowest BCUT2D eigenvalue weighted by molar-refractivity contribution is -0.384. The second-order valence-electron chi connectivity index (χ2n) is 4.85. The monoisotopic (exact) mass is 294 g/mol. The van der Waals surface area contributed by atoms with Crippen LogP contribution in [0.2, 0.25) is 0 Å². The van der Waals surface area contributed by atoms with Gasteiger partial charge in [0.25, 0.3) is 11.6 Å². The molecule has 114 valence electrons. The number of nitro groups is 1. The van der Waals surface area contributed by atoms with E-state index in [-0.39, 0.29) is 29.3 Å². The molecule has 0 aliphatic rings. The average molecular weight is 294 g/mol. The molecule has 0 aliphatic carbocycles. The Kier molecular flexibility index (Phi) is 5.83. The van der Waals surface area contributed by atoms with Crippen LogP contribution in [0.1, 0.15) is 41.5 Å². The van der Waals surface area contributed by atoms with Crippen molar-refractivity contribution < 1.29 is 19.2 Å². The minimum absolute atomic E-state index is 0.0132. The molecule has 1 aromatic rings. The molecule has 1 amide bonds. The zero-order valence-corrected chi connectivity index (χ0v) is 12.2. The smallest absolute Gasteiger partial charge is 0.338 e. The fraction of sp³-hybridized carbons (Fsp3) is 0.429. The highest BCUT2D eigenvalue weighted by molar-refractivity contribution is 5.99. The first kappa shape index (κ1) is 16.6. The minimum Gasteiger partial charge on any atom is -0.462 e. The van der Waals surface area contributed by atoms with Gasteiger partial charge in [-0.2, -0.15) is 0 Å². The van der Waals surface area contributed by atoms with Crippen molar-refractivity contribution in [2.24, 2.45) is 5.92 Å². The van der Waals surface area contributed by atoms with E-state index in [1.807, 2.05) is 13.8 Å². The first-order valence-electron chi connectivity index (χ1n) is 6.60. The molecular formula is C14H18N2O5. The summed E-state index contributed by atoms with van der Waals surface area (Å²) in [6.45, 7) is 6.08. The highest BCUT2D eigenvalue weighted by Gasteiger charge is 2.18. The topological polar surface area (TPSA) is 98.5 Å². The van der Waals surface area contributed by atoms with Crippen molar-refractivity contribution >= 4 is 17.6 Å². The van der Waals surface area contributed by atoms with Crippen molar-refractivity contribution in [3.63, 3.8) is 0 Å². The summed E-state index contributed by atoms with van der Waals surface area (Å²) < 4.78 is 4.80. The number of hydrogen-bond donors (Lipinski definition) is 1. The molecule has 21 heavy (non-hydrogen) atoms. The van der Waals surface area contributed by atoms with Crippen LogP contribution in [-0.4, -0.2) is 30.0 Å². The number of hydrogen-bond acceptors (Lipinski definition) is 5. The van der Waals surface area contributed by atoms with E-state index in [2.05, 4.69) is 5.32 Å². The van der Waals surface area contributed by atoms with Gasteiger partial charge in [0.2, 0.25) is 0 Å². The molecule has 1 N–H and O–H groups in total. The Morgan fingerprint density at radius 2 is 1.90 bits per heavy atom. The van der Waals surface area contributed by atoms with Gasteiger partial charge in [0.15, 0.2) is 0 Å². The predicted octanol–water partition coefficient (Wildman–Crippen LogP) is 2.16. The van der Waals surface area contributed by atoms with Crippen molar-refractivity contribution in [1.29, 1.82) is 0 Å². The first-order valence-corrected chi connectivity index (χ1v) is 6.60. The quantitative estimate of drug-likeness (QED) is 0.492. The van der Waals surface area contributed by atoms with Gasteiger partial charge in [-0.15, -0.1) is 0 Å². The fourth-order valence-electron chi connectivity index (χ4n) is 1.58. The third-order valence-electron chi connectivity index (χ3n) is 2.57. The summed E-state index contributed by atoms with van der Waals surface area (Å²) in [5.41, 5.74) is -0.274. The van der Waals surface area contributed by atoms with Gasteiger partial charge in [-0.25, -0.2) is 4.79 Å². The van der Waals surface area contributed by atoms with Crippen LogP contribution in [-0.2, 0) is 4.74 Å². The number of carbonyl (C=O) groups is 2. The van der Waals surface area contributed by atoms with Gasteiger partial charge in [-0.1, -0.05) is 13.8 Å². The number of carbonyl (C=O) groups excluding carboxylic acids is 2. The van der Waals surface area contributed by atoms with Crippen LogP contribution < -0.4 is 5.32 Å². The van der Waals surface area contributed by atoms with Crippen LogP contribution in [0.15, 0.2) is 18.2 Å². The molecule has 0 heterocycles. The van der Waals surface area contributed by atoms with Crippen LogP contribution in [0.4, 0.5) is 5.69 Å². The zero-order chi connectivity index (χ0) is 16.0. The molecule has 0 unspecified atom stereocenters. The molecular weight excluding hydrogens is 276 g/mol. The van der Waals surface area contributed by atoms with E-state index in [0.29, 0.717) is 6.54 Å². The summed E-state index contributed by atoms with van der Waals surface area (Å²) in [5, 5.41) is 13.5. The Hall–Kier alpha value is -2.44. The van der Waals surface area contributed by atoms with Crippen molar-refractivity contribution in [2.45, 2.75) is 20.8 Å². The number of nitrogens with one attached hydrogen (secondary N) is 1. The largest absolute Gasteiger partial charge is 0.462 e. The van der Waals surface area contributed by atoms with E-state index >= 15 is 0 Å². The Labute approximate surface area is 122 Å². The zero-order valence-electron chi connectivity index (χ0n) is 12.2. The van der Waals surface area contributed by atoms with E-state index < -0.39 is 16.8 Å². The number of nitro benzene ring substituents is 1. The van der Waals surface area contributed by atoms with Crippen molar-refractivity contribution in [3.8, 4) is 0 Å². The van der Waals surface area contributed by atoms with Crippen LogP contribution in [0, 0.1) is 16.0 Å². The molecule has 7 nitrogen and oxygen atoms in total. The molecule has 0 bridgehead atoms. The van der Waals surface area contributed by atoms with Gasteiger partial charge < -0.3 is 10.1 Å². The van der Waals surface area contributed by atoms with Crippen LogP contribution in [0.25, 0.3) is 0 Å². The number of amides is 1. The van der Waals surface area contributed by atoms with Crippen molar-refractivity contribution in [2.75, 3.05) is 13.2 Å². The molecule has 1 rings (SSSR count). The molecule has 7 heteroatoms. The third-order valence-corrected chi connectivity index (χ3v) is 2.57. The van der Waals surface area contributed by atoms with Crippen molar-refractivity contribution in [3.05, 3.63) is 39.4 Å². The number of non-ortho nitro benzene ring substituents is 1. The van der Waals surface area contributed by atoms with E-state index in [1.165, 1.54) is 6.07 Å². The molecule has 0 radical (unpaired) electrons. The SMILES string of the molecule is CCOC(=O)c1cc(C(=O)NCC(C)C)cc([N+](=O)[O-])c1. The summed E-state index contributed by atoms with van der Waals surface area (Å²) in [7, 11) is 0. The molecule has 0 saturated carbocycles. The number of ether oxygens (including phenoxy) is 1. The van der Waals surface area contributed by atoms with Gasteiger partial charge in [0.1, 0.15) is 0 Å². The fourth-order valence-corrected chi connectivity index (χ4v) is 1.58. The molecule has 0 fully saturated rings. The van der Waals surface area contributed by atoms with Crippen LogP contribution in [0.3, 0.4) is 0 Å². The maximum atomic E-state index is 12.0. The summed E-state index contributed by atoms with van der Waals surface area (Å²) in [6, 6.07) is 3.52. The molecule has 0 aliphatic heterocycles. The lowest BCUT2D eigenvalue weighted by Crippen LogP contribution is -2.27. The maximum absolute atomic E-state index is 12.0. The number of nitrogens with zero attached hydrogens (tertiary/aromatic N) is 1. The van der Waals surface area contributed by atoms with E-state index in [9.17, 15) is 19.7 Å². The van der Waals surface area contributed by atoms with Crippen LogP contribution >= 0.6 is 0 Å². The predicted molar refractivity (Wildman–Crippen MR) is 76.2 cm³/mol. The first-order chi connectivity index (χ1) is 9.85. The Morgan fingerprint density at radius 3 is 2.43 bits per heavy atom. The lowest BCUT2D eigenvalue weighted by Gasteiger charge is -2.09. The molecule has 0 spiro atoms. The van der Waals surface area contributed by atoms with Gasteiger partial charge >= 0.3 is 5.97 Å². The van der Waals surface area contributed by atoms with Gasteiger partial charge in [0, 0.05) is 24.2 Å². The van der Waals surface area contributed by atoms with Crippen molar-refractivity contribution in [1.82, 2.24) is 5.32 Å². The number of benzene rings is 1. The summed E-state index contributed by atoms with van der Waals surface area (Å²) in [6.07, 6.45) is 0. The van der Waals surface area contributed by atoms with Gasteiger partial charge in [-0.05, 0) is 18.9 Å². The Morgan fingerprint density at radius 1 is 1.29 bits per heavy atom. The van der Waals surface area contributed by atoms with E-state index in [0.717, 1.165) is 12.1 Å². The Balaban J connectivity index is 3.10. The second-order valence-corrected chi connectivity index (χ2v) is 4.85. The molecule has 1 aromatic carbocycles. The average Bonchev–Trinajstić information content (AvgIpc) is 2.44. The number of esters is 1. The third kappa shape index (κ3) is 4.87. The molecule has 0 aromatic heterocycles. The van der Waals surface area contributed by atoms with E-state index in [4.69, 9.17) is 4.74 Å². The Bertz CT molecular complexity index is 554. The maximum Gasteiger partial charge on any atom is 0.338 e.